The van der Waals surface area contributed by atoms with Crippen LogP contribution in [0.1, 0.15) is 66.3 Å². The average molecular weight is 740 g/mol. The summed E-state index contributed by atoms with van der Waals surface area (Å²) in [7, 11) is 0. The Hall–Kier alpha value is -3.96. The molecule has 3 unspecified atom stereocenters. The van der Waals surface area contributed by atoms with E-state index in [-0.39, 0.29) is 17.6 Å². The molecule has 1 fully saturated rings. The quantitative estimate of drug-likeness (QED) is 0.232. The summed E-state index contributed by atoms with van der Waals surface area (Å²) < 4.78 is 48.0. The minimum Gasteiger partial charge on any atom is -0.370 e. The van der Waals surface area contributed by atoms with Crippen molar-refractivity contribution in [3.8, 4) is 0 Å². The SMILES string of the molecule is CC(=O)N1CCN(Cc2ccc(C(=O)N3C(C4=CC=C(C(F)(F)F)CC4OC(C)C)=NC(c4ccc(Cl)cc4)C3c3ccc(Cl)cc3)cc2)CC1. The van der Waals surface area contributed by atoms with E-state index in [1.54, 1.807) is 62.1 Å². The molecule has 7 nitrogen and oxygen atoms in total. The van der Waals surface area contributed by atoms with Crippen molar-refractivity contribution in [3.63, 3.8) is 0 Å². The zero-order valence-corrected chi connectivity index (χ0v) is 30.1. The molecule has 0 N–H and O–H groups in total. The molecular formula is C39H39Cl2F3N4O3. The number of carbonyl (C=O) groups excluding carboxylic acids is 2. The maximum absolute atomic E-state index is 14.8. The van der Waals surface area contributed by atoms with Crippen molar-refractivity contribution < 1.29 is 27.5 Å². The van der Waals surface area contributed by atoms with Crippen molar-refractivity contribution in [3.05, 3.63) is 128 Å². The standard InChI is InChI=1S/C39H39Cl2F3N4O3/c1-24(2)51-34-22-30(39(42,43)44)12-17-33(34)37-45-35(27-8-13-31(40)14-9-27)36(28-10-15-32(41)16-11-28)48(37)38(50)29-6-4-26(5-7-29)23-46-18-20-47(21-19-46)25(3)49/h4-17,24,34-36H,18-23H2,1-3H3. The highest BCUT2D eigenvalue weighted by molar-refractivity contribution is 6.30. The lowest BCUT2D eigenvalue weighted by Gasteiger charge is -2.34. The molecule has 3 atom stereocenters. The molecule has 268 valence electrons. The number of allylic oxidation sites excluding steroid dienone is 2. The third kappa shape index (κ3) is 8.41. The van der Waals surface area contributed by atoms with Crippen LogP contribution in [0.25, 0.3) is 0 Å². The number of hydrogen-bond donors (Lipinski definition) is 0. The molecule has 1 saturated heterocycles. The van der Waals surface area contributed by atoms with Crippen LogP contribution in [-0.4, -0.2) is 76.9 Å². The fourth-order valence-electron chi connectivity index (χ4n) is 6.81. The van der Waals surface area contributed by atoms with Crippen LogP contribution in [0.2, 0.25) is 10.0 Å². The van der Waals surface area contributed by atoms with Gasteiger partial charge in [-0.3, -0.25) is 24.4 Å². The summed E-state index contributed by atoms with van der Waals surface area (Å²) >= 11 is 12.5. The van der Waals surface area contributed by atoms with Crippen LogP contribution in [0.4, 0.5) is 13.2 Å². The normalized spacial score (nSPS) is 21.4. The Kier molecular flexibility index (Phi) is 11.1. The predicted molar refractivity (Wildman–Crippen MR) is 193 cm³/mol. The molecule has 0 spiro atoms. The molecule has 0 bridgehead atoms. The maximum atomic E-state index is 14.8. The Bertz CT molecular complexity index is 1830. The first-order chi connectivity index (χ1) is 24.3. The zero-order chi connectivity index (χ0) is 36.4. The molecular weight excluding hydrogens is 700 g/mol. The molecule has 6 rings (SSSR count). The molecule has 0 radical (unpaired) electrons. The second-order valence-electron chi connectivity index (χ2n) is 13.3. The second kappa shape index (κ2) is 15.3. The van der Waals surface area contributed by atoms with Crippen LogP contribution >= 0.6 is 23.2 Å². The number of carbonyl (C=O) groups is 2. The molecule has 0 aromatic heterocycles. The van der Waals surface area contributed by atoms with E-state index in [0.29, 0.717) is 40.8 Å². The van der Waals surface area contributed by atoms with Gasteiger partial charge in [0.25, 0.3) is 5.91 Å². The number of hydrogen-bond acceptors (Lipinski definition) is 5. The van der Waals surface area contributed by atoms with Gasteiger partial charge in [0, 0.05) is 72.8 Å². The average Bonchev–Trinajstić information content (AvgIpc) is 3.49. The molecule has 3 aromatic rings. The van der Waals surface area contributed by atoms with Crippen LogP contribution < -0.4 is 0 Å². The molecule has 51 heavy (non-hydrogen) atoms. The monoisotopic (exact) mass is 738 g/mol. The maximum Gasteiger partial charge on any atom is 0.412 e. The zero-order valence-electron chi connectivity index (χ0n) is 28.5. The van der Waals surface area contributed by atoms with Crippen LogP contribution in [0.5, 0.6) is 0 Å². The fourth-order valence-corrected chi connectivity index (χ4v) is 7.06. The van der Waals surface area contributed by atoms with E-state index < -0.39 is 42.5 Å². The molecule has 12 heteroatoms. The van der Waals surface area contributed by atoms with Crippen molar-refractivity contribution in [2.24, 2.45) is 4.99 Å². The highest BCUT2D eigenvalue weighted by atomic mass is 35.5. The highest BCUT2D eigenvalue weighted by Gasteiger charge is 2.46. The number of amidine groups is 1. The third-order valence-corrected chi connectivity index (χ3v) is 9.91. The summed E-state index contributed by atoms with van der Waals surface area (Å²) in [5.41, 5.74) is 2.61. The lowest BCUT2D eigenvalue weighted by Crippen LogP contribution is -2.47. The molecule has 3 aromatic carbocycles. The van der Waals surface area contributed by atoms with E-state index in [1.165, 1.54) is 6.08 Å². The van der Waals surface area contributed by atoms with Gasteiger partial charge in [-0.05, 0) is 66.9 Å². The van der Waals surface area contributed by atoms with E-state index in [4.69, 9.17) is 32.9 Å². The topological polar surface area (TPSA) is 65.5 Å². The number of piperazine rings is 1. The summed E-state index contributed by atoms with van der Waals surface area (Å²) in [5.74, 6) is -0.0440. The number of nitrogens with zero attached hydrogens (tertiary/aromatic N) is 4. The van der Waals surface area contributed by atoms with Crippen molar-refractivity contribution in [2.45, 2.75) is 64.2 Å². The summed E-state index contributed by atoms with van der Waals surface area (Å²) in [4.78, 5) is 37.4. The minimum atomic E-state index is -4.53. The van der Waals surface area contributed by atoms with Crippen molar-refractivity contribution in [2.75, 3.05) is 26.2 Å². The van der Waals surface area contributed by atoms with Gasteiger partial charge in [-0.25, -0.2) is 0 Å². The van der Waals surface area contributed by atoms with E-state index in [1.807, 2.05) is 41.3 Å². The van der Waals surface area contributed by atoms with Gasteiger partial charge in [-0.15, -0.1) is 0 Å². The number of amides is 2. The Balaban J connectivity index is 1.41. The van der Waals surface area contributed by atoms with Crippen molar-refractivity contribution in [1.29, 1.82) is 0 Å². The first kappa shape index (κ1) is 36.8. The van der Waals surface area contributed by atoms with Crippen LogP contribution in [0.3, 0.4) is 0 Å². The van der Waals surface area contributed by atoms with Crippen LogP contribution in [0.15, 0.2) is 101 Å². The van der Waals surface area contributed by atoms with Gasteiger partial charge in [-0.2, -0.15) is 13.2 Å². The Morgan fingerprint density at radius 1 is 0.863 bits per heavy atom. The Morgan fingerprint density at radius 3 is 2.00 bits per heavy atom. The first-order valence-corrected chi connectivity index (χ1v) is 17.7. The van der Waals surface area contributed by atoms with Gasteiger partial charge in [0.05, 0.1) is 18.2 Å². The van der Waals surface area contributed by atoms with Crippen molar-refractivity contribution in [1.82, 2.24) is 14.7 Å². The smallest absolute Gasteiger partial charge is 0.370 e. The van der Waals surface area contributed by atoms with Crippen LogP contribution in [0, 0.1) is 0 Å². The summed E-state index contributed by atoms with van der Waals surface area (Å²) in [5, 5.41) is 1.05. The lowest BCUT2D eigenvalue weighted by molar-refractivity contribution is -0.130. The number of halogens is 5. The number of alkyl halides is 3. The van der Waals surface area contributed by atoms with E-state index in [2.05, 4.69) is 4.90 Å². The van der Waals surface area contributed by atoms with Gasteiger partial charge in [0.15, 0.2) is 0 Å². The number of rotatable bonds is 8. The number of benzene rings is 3. The van der Waals surface area contributed by atoms with E-state index >= 15 is 0 Å². The summed E-state index contributed by atoms with van der Waals surface area (Å²) in [6.07, 6.45) is -3.90. The molecule has 0 saturated carbocycles. The fraction of sp³-hybridized carbons (Fsp3) is 0.359. The molecule has 2 heterocycles. The van der Waals surface area contributed by atoms with Gasteiger partial charge in [-0.1, -0.05) is 71.8 Å². The first-order valence-electron chi connectivity index (χ1n) is 16.9. The Morgan fingerprint density at radius 2 is 1.45 bits per heavy atom. The second-order valence-corrected chi connectivity index (χ2v) is 14.2. The number of aliphatic imine (C=N–C) groups is 1. The largest absolute Gasteiger partial charge is 0.412 e. The minimum absolute atomic E-state index is 0.0698. The molecule has 2 amide bonds. The lowest BCUT2D eigenvalue weighted by atomic mass is 9.91. The Labute approximate surface area is 306 Å². The summed E-state index contributed by atoms with van der Waals surface area (Å²) in [6.45, 7) is 8.61. The summed E-state index contributed by atoms with van der Waals surface area (Å²) in [6, 6.07) is 20.4. The third-order valence-electron chi connectivity index (χ3n) is 9.41. The number of ether oxygens (including phenoxy) is 1. The highest BCUT2D eigenvalue weighted by Crippen LogP contribution is 2.46. The van der Waals surface area contributed by atoms with Gasteiger partial charge in [0.2, 0.25) is 5.91 Å². The van der Waals surface area contributed by atoms with E-state index in [9.17, 15) is 22.8 Å². The molecule has 1 aliphatic carbocycles. The molecule has 2 aliphatic heterocycles. The van der Waals surface area contributed by atoms with Gasteiger partial charge in [0.1, 0.15) is 11.9 Å². The van der Waals surface area contributed by atoms with Crippen molar-refractivity contribution >= 4 is 40.9 Å². The predicted octanol–water partition coefficient (Wildman–Crippen LogP) is 8.61. The molecule has 3 aliphatic rings. The van der Waals surface area contributed by atoms with Gasteiger partial charge >= 0.3 is 6.18 Å². The van der Waals surface area contributed by atoms with E-state index in [0.717, 1.165) is 35.9 Å². The van der Waals surface area contributed by atoms with Crippen LogP contribution in [-0.2, 0) is 16.1 Å². The van der Waals surface area contributed by atoms with Gasteiger partial charge < -0.3 is 9.64 Å².